The van der Waals surface area contributed by atoms with Gasteiger partial charge in [0.2, 0.25) is 0 Å². The molecule has 1 aromatic heterocycles. The molecule has 0 radical (unpaired) electrons. The van der Waals surface area contributed by atoms with Crippen molar-refractivity contribution in [3.05, 3.63) is 126 Å². The standard InChI is InChI=1S/C37H39N5O5/c1-27(2)32-21-33(35(47-26-30-11-7-4-8-12-30)22-34(32)46-25-29-9-5-3-6-10-29)42-36(23-38-39-42)41(37(43)44)24-28-13-15-31(16-14-28)40-17-19-45-20-18-40/h3-16,21-23,27H,17-20,24-26H2,1-2H3,(H,43,44). The molecule has 5 aromatic rings. The van der Waals surface area contributed by atoms with Crippen LogP contribution in [0.2, 0.25) is 0 Å². The highest BCUT2D eigenvalue weighted by atomic mass is 16.5. The van der Waals surface area contributed by atoms with Crippen LogP contribution in [0.15, 0.2) is 103 Å². The first kappa shape index (κ1) is 31.6. The average Bonchev–Trinajstić information content (AvgIpc) is 3.59. The van der Waals surface area contributed by atoms with E-state index in [9.17, 15) is 9.90 Å². The van der Waals surface area contributed by atoms with Crippen LogP contribution in [-0.2, 0) is 24.5 Å². The molecule has 0 unspecified atom stereocenters. The molecule has 1 N–H and O–H groups in total. The number of nitrogens with zero attached hydrogens (tertiary/aromatic N) is 5. The van der Waals surface area contributed by atoms with Gasteiger partial charge < -0.3 is 24.2 Å². The smallest absolute Gasteiger partial charge is 0.413 e. The Labute approximate surface area is 274 Å². The zero-order chi connectivity index (χ0) is 32.6. The Hall–Kier alpha value is -5.35. The topological polar surface area (TPSA) is 102 Å². The summed E-state index contributed by atoms with van der Waals surface area (Å²) in [5.74, 6) is 1.57. The molecule has 1 fully saturated rings. The van der Waals surface area contributed by atoms with Gasteiger partial charge in [0.15, 0.2) is 5.82 Å². The zero-order valence-electron chi connectivity index (χ0n) is 26.7. The van der Waals surface area contributed by atoms with Gasteiger partial charge >= 0.3 is 6.09 Å². The van der Waals surface area contributed by atoms with Gasteiger partial charge in [0.05, 0.1) is 26.0 Å². The number of hydrogen-bond acceptors (Lipinski definition) is 7. The number of ether oxygens (including phenoxy) is 3. The van der Waals surface area contributed by atoms with Crippen molar-refractivity contribution in [2.24, 2.45) is 0 Å². The summed E-state index contributed by atoms with van der Waals surface area (Å²) in [5.41, 5.74) is 5.46. The van der Waals surface area contributed by atoms with E-state index in [1.165, 1.54) is 15.8 Å². The van der Waals surface area contributed by atoms with Gasteiger partial charge in [-0.3, -0.25) is 4.90 Å². The van der Waals surface area contributed by atoms with Crippen LogP contribution in [0.3, 0.4) is 0 Å². The third-order valence-corrected chi connectivity index (χ3v) is 8.11. The summed E-state index contributed by atoms with van der Waals surface area (Å²) in [6.07, 6.45) is 0.343. The lowest BCUT2D eigenvalue weighted by atomic mass is 10.0. The molecule has 242 valence electrons. The number of benzene rings is 4. The van der Waals surface area contributed by atoms with Crippen LogP contribution in [0, 0.1) is 0 Å². The van der Waals surface area contributed by atoms with Crippen LogP contribution in [0.1, 0.15) is 42.0 Å². The van der Waals surface area contributed by atoms with E-state index >= 15 is 0 Å². The van der Waals surface area contributed by atoms with E-state index in [-0.39, 0.29) is 12.5 Å². The highest BCUT2D eigenvalue weighted by molar-refractivity contribution is 5.85. The molecule has 0 aliphatic carbocycles. The molecule has 1 aliphatic rings. The number of anilines is 2. The van der Waals surface area contributed by atoms with Gasteiger partial charge in [-0.1, -0.05) is 91.9 Å². The Morgan fingerprint density at radius 2 is 1.47 bits per heavy atom. The Morgan fingerprint density at radius 1 is 0.851 bits per heavy atom. The monoisotopic (exact) mass is 633 g/mol. The molecule has 2 heterocycles. The molecule has 1 aliphatic heterocycles. The van der Waals surface area contributed by atoms with Crippen LogP contribution in [0.4, 0.5) is 16.3 Å². The van der Waals surface area contributed by atoms with Crippen molar-refractivity contribution < 1.29 is 24.1 Å². The van der Waals surface area contributed by atoms with Crippen molar-refractivity contribution in [1.82, 2.24) is 15.0 Å². The number of hydrogen-bond donors (Lipinski definition) is 1. The minimum absolute atomic E-state index is 0.0928. The first-order chi connectivity index (χ1) is 23.0. The van der Waals surface area contributed by atoms with E-state index in [4.69, 9.17) is 14.2 Å². The highest BCUT2D eigenvalue weighted by Gasteiger charge is 2.25. The van der Waals surface area contributed by atoms with Crippen molar-refractivity contribution >= 4 is 17.6 Å². The summed E-state index contributed by atoms with van der Waals surface area (Å²) in [6.45, 7) is 8.03. The van der Waals surface area contributed by atoms with Crippen molar-refractivity contribution in [1.29, 1.82) is 0 Å². The zero-order valence-corrected chi connectivity index (χ0v) is 26.7. The first-order valence-electron chi connectivity index (χ1n) is 15.8. The SMILES string of the molecule is CC(C)c1cc(-n2nncc2N(Cc2ccc(N3CCOCC3)cc2)C(=O)O)c(OCc2ccccc2)cc1OCc1ccccc1. The van der Waals surface area contributed by atoms with E-state index in [2.05, 4.69) is 29.1 Å². The molecule has 1 amide bonds. The van der Waals surface area contributed by atoms with Gasteiger partial charge in [-0.05, 0) is 46.4 Å². The minimum atomic E-state index is -1.12. The van der Waals surface area contributed by atoms with Crippen LogP contribution in [0.25, 0.3) is 5.69 Å². The number of amides is 1. The molecule has 1 saturated heterocycles. The first-order valence-corrected chi connectivity index (χ1v) is 15.8. The molecule has 10 heteroatoms. The number of morpholine rings is 1. The Balaban J connectivity index is 1.34. The fourth-order valence-corrected chi connectivity index (χ4v) is 5.54. The number of rotatable bonds is 12. The summed E-state index contributed by atoms with van der Waals surface area (Å²) in [5, 5.41) is 18.9. The fourth-order valence-electron chi connectivity index (χ4n) is 5.54. The second-order valence-electron chi connectivity index (χ2n) is 11.7. The van der Waals surface area contributed by atoms with Gasteiger partial charge in [0.25, 0.3) is 0 Å². The predicted molar refractivity (Wildman–Crippen MR) is 181 cm³/mol. The molecule has 0 spiro atoms. The van der Waals surface area contributed by atoms with E-state index in [1.807, 2.05) is 97.1 Å². The Kier molecular flexibility index (Phi) is 9.98. The van der Waals surface area contributed by atoms with Gasteiger partial charge in [0.1, 0.15) is 30.4 Å². The maximum atomic E-state index is 12.7. The van der Waals surface area contributed by atoms with Crippen molar-refractivity contribution in [2.45, 2.75) is 39.5 Å². The van der Waals surface area contributed by atoms with Crippen molar-refractivity contribution in [3.8, 4) is 17.2 Å². The normalized spacial score (nSPS) is 13.0. The highest BCUT2D eigenvalue weighted by Crippen LogP contribution is 2.38. The quantitative estimate of drug-likeness (QED) is 0.156. The van der Waals surface area contributed by atoms with Crippen LogP contribution < -0.4 is 19.3 Å². The van der Waals surface area contributed by atoms with Gasteiger partial charge in [-0.15, -0.1) is 5.10 Å². The maximum Gasteiger partial charge on any atom is 0.413 e. The molecule has 0 saturated carbocycles. The summed E-state index contributed by atoms with van der Waals surface area (Å²) in [7, 11) is 0. The summed E-state index contributed by atoms with van der Waals surface area (Å²) in [6, 6.07) is 31.6. The lowest BCUT2D eigenvalue weighted by Gasteiger charge is -2.29. The molecule has 10 nitrogen and oxygen atoms in total. The molecule has 0 atom stereocenters. The average molecular weight is 634 g/mol. The van der Waals surface area contributed by atoms with E-state index in [0.717, 1.165) is 41.0 Å². The third kappa shape index (κ3) is 7.73. The minimum Gasteiger partial charge on any atom is -0.488 e. The van der Waals surface area contributed by atoms with Crippen molar-refractivity contribution in [2.75, 3.05) is 36.1 Å². The molecular weight excluding hydrogens is 594 g/mol. The summed E-state index contributed by atoms with van der Waals surface area (Å²) >= 11 is 0. The maximum absolute atomic E-state index is 12.7. The number of aromatic nitrogens is 3. The lowest BCUT2D eigenvalue weighted by molar-refractivity contribution is 0.122. The Morgan fingerprint density at radius 3 is 2.06 bits per heavy atom. The fraction of sp³-hybridized carbons (Fsp3) is 0.270. The second-order valence-corrected chi connectivity index (χ2v) is 11.7. The summed E-state index contributed by atoms with van der Waals surface area (Å²) < 4.78 is 19.8. The van der Waals surface area contributed by atoms with Crippen LogP contribution in [0.5, 0.6) is 11.5 Å². The Bertz CT molecular complexity index is 1750. The van der Waals surface area contributed by atoms with E-state index in [0.29, 0.717) is 49.4 Å². The molecule has 6 rings (SSSR count). The van der Waals surface area contributed by atoms with E-state index in [1.54, 1.807) is 0 Å². The van der Waals surface area contributed by atoms with Crippen LogP contribution >= 0.6 is 0 Å². The molecule has 0 bridgehead atoms. The molecule has 47 heavy (non-hydrogen) atoms. The van der Waals surface area contributed by atoms with E-state index < -0.39 is 6.09 Å². The van der Waals surface area contributed by atoms with Gasteiger partial charge in [-0.2, -0.15) is 4.68 Å². The second kappa shape index (κ2) is 14.8. The summed E-state index contributed by atoms with van der Waals surface area (Å²) in [4.78, 5) is 16.2. The van der Waals surface area contributed by atoms with Crippen molar-refractivity contribution in [3.63, 3.8) is 0 Å². The third-order valence-electron chi connectivity index (χ3n) is 8.11. The number of carboxylic acid groups (broad SMARTS) is 1. The van der Waals surface area contributed by atoms with Gasteiger partial charge in [0, 0.05) is 24.8 Å². The van der Waals surface area contributed by atoms with Gasteiger partial charge in [-0.25, -0.2) is 4.79 Å². The van der Waals surface area contributed by atoms with Crippen LogP contribution in [-0.4, -0.2) is 52.5 Å². The predicted octanol–water partition coefficient (Wildman–Crippen LogP) is 7.07. The number of carbonyl (C=O) groups is 1. The molecular formula is C37H39N5O5. The lowest BCUT2D eigenvalue weighted by Crippen LogP contribution is -2.36. The largest absolute Gasteiger partial charge is 0.488 e. The molecule has 4 aromatic carbocycles.